The first kappa shape index (κ1) is 18.3. The maximum atomic E-state index is 12.9. The van der Waals surface area contributed by atoms with Gasteiger partial charge in [0.15, 0.2) is 5.11 Å². The average Bonchev–Trinajstić information content (AvgIpc) is 3.61. The zero-order valence-corrected chi connectivity index (χ0v) is 16.7. The number of carbonyl (C=O) groups excluding carboxylic acids is 1. The molecule has 1 aromatic rings. The Morgan fingerprint density at radius 1 is 1.07 bits per heavy atom. The van der Waals surface area contributed by atoms with Crippen LogP contribution in [0.2, 0.25) is 0 Å². The molecule has 0 radical (unpaired) electrons. The molecule has 1 aliphatic heterocycles. The molecular weight excluding hydrogens is 362 g/mol. The van der Waals surface area contributed by atoms with Crippen molar-refractivity contribution in [2.24, 2.45) is 5.92 Å². The first-order valence-electron chi connectivity index (χ1n) is 9.66. The molecule has 6 nitrogen and oxygen atoms in total. The van der Waals surface area contributed by atoms with Gasteiger partial charge in [0.2, 0.25) is 5.91 Å². The molecular formula is C20H27N3O3S. The van der Waals surface area contributed by atoms with Crippen LogP contribution in [0.4, 0.5) is 0 Å². The number of hydrogen-bond donors (Lipinski definition) is 2. The summed E-state index contributed by atoms with van der Waals surface area (Å²) in [6, 6.07) is 6.68. The molecule has 27 heavy (non-hydrogen) atoms. The van der Waals surface area contributed by atoms with E-state index in [2.05, 4.69) is 15.5 Å². The average molecular weight is 390 g/mol. The molecule has 0 bridgehead atoms. The minimum atomic E-state index is -0.146. The number of hydrogen-bond acceptors (Lipinski definition) is 4. The molecule has 2 N–H and O–H groups in total. The molecule has 2 saturated carbocycles. The minimum Gasteiger partial charge on any atom is -0.497 e. The predicted molar refractivity (Wildman–Crippen MR) is 107 cm³/mol. The SMILES string of the molecule is COc1ccc([C@@H]2CN(C(=S)NC3CC3)C[C@@H]2C(=O)NC2CC2)c(OC)c1. The smallest absolute Gasteiger partial charge is 0.225 e. The Morgan fingerprint density at radius 3 is 2.41 bits per heavy atom. The summed E-state index contributed by atoms with van der Waals surface area (Å²) in [6.07, 6.45) is 4.52. The highest BCUT2D eigenvalue weighted by molar-refractivity contribution is 7.80. The van der Waals surface area contributed by atoms with Crippen molar-refractivity contribution in [1.82, 2.24) is 15.5 Å². The van der Waals surface area contributed by atoms with Crippen LogP contribution in [0.25, 0.3) is 0 Å². The molecule has 1 saturated heterocycles. The summed E-state index contributed by atoms with van der Waals surface area (Å²) in [5, 5.41) is 7.34. The Bertz CT molecular complexity index is 733. The second-order valence-electron chi connectivity index (χ2n) is 7.73. The van der Waals surface area contributed by atoms with Crippen LogP contribution in [-0.2, 0) is 4.79 Å². The zero-order chi connectivity index (χ0) is 19.0. The topological polar surface area (TPSA) is 62.8 Å². The molecule has 146 valence electrons. The van der Waals surface area contributed by atoms with E-state index in [-0.39, 0.29) is 17.7 Å². The largest absolute Gasteiger partial charge is 0.497 e. The number of methoxy groups -OCH3 is 2. The third kappa shape index (κ3) is 4.13. The number of nitrogens with one attached hydrogen (secondary N) is 2. The molecule has 0 aromatic heterocycles. The van der Waals surface area contributed by atoms with Crippen LogP contribution in [0.1, 0.15) is 37.2 Å². The maximum absolute atomic E-state index is 12.9. The second kappa shape index (κ2) is 7.54. The van der Waals surface area contributed by atoms with Gasteiger partial charge in [0.05, 0.1) is 20.1 Å². The van der Waals surface area contributed by atoms with Crippen LogP contribution >= 0.6 is 12.2 Å². The summed E-state index contributed by atoms with van der Waals surface area (Å²) < 4.78 is 10.9. The lowest BCUT2D eigenvalue weighted by atomic mass is 9.87. The van der Waals surface area contributed by atoms with Crippen molar-refractivity contribution in [1.29, 1.82) is 0 Å². The van der Waals surface area contributed by atoms with E-state index in [9.17, 15) is 4.79 Å². The third-order valence-electron chi connectivity index (χ3n) is 5.61. The molecule has 1 heterocycles. The summed E-state index contributed by atoms with van der Waals surface area (Å²) in [5.41, 5.74) is 1.03. The van der Waals surface area contributed by atoms with Gasteiger partial charge in [0.25, 0.3) is 0 Å². The van der Waals surface area contributed by atoms with Crippen LogP contribution in [0, 0.1) is 5.92 Å². The normalized spacial score (nSPS) is 24.4. The minimum absolute atomic E-state index is 0.0311. The highest BCUT2D eigenvalue weighted by Crippen LogP contribution is 2.40. The highest BCUT2D eigenvalue weighted by Gasteiger charge is 2.42. The van der Waals surface area contributed by atoms with Gasteiger partial charge < -0.3 is 25.0 Å². The van der Waals surface area contributed by atoms with Gasteiger partial charge in [-0.3, -0.25) is 4.79 Å². The number of ether oxygens (including phenoxy) is 2. The van der Waals surface area contributed by atoms with Crippen LogP contribution < -0.4 is 20.1 Å². The van der Waals surface area contributed by atoms with Gasteiger partial charge in [-0.05, 0) is 44.0 Å². The number of thiocarbonyl (C=S) groups is 1. The van der Waals surface area contributed by atoms with Crippen LogP contribution in [-0.4, -0.2) is 55.3 Å². The monoisotopic (exact) mass is 389 g/mol. The lowest BCUT2D eigenvalue weighted by molar-refractivity contribution is -0.125. The number of carbonyl (C=O) groups is 1. The van der Waals surface area contributed by atoms with Crippen molar-refractivity contribution in [3.8, 4) is 11.5 Å². The summed E-state index contributed by atoms with van der Waals surface area (Å²) in [6.45, 7) is 1.35. The van der Waals surface area contributed by atoms with Gasteiger partial charge in [0, 0.05) is 42.7 Å². The summed E-state index contributed by atoms with van der Waals surface area (Å²) >= 11 is 5.61. The quantitative estimate of drug-likeness (QED) is 0.726. The van der Waals surface area contributed by atoms with E-state index in [0.717, 1.165) is 35.0 Å². The van der Waals surface area contributed by atoms with E-state index >= 15 is 0 Å². The Kier molecular flexibility index (Phi) is 5.12. The number of rotatable bonds is 6. The van der Waals surface area contributed by atoms with E-state index < -0.39 is 0 Å². The fourth-order valence-corrected chi connectivity index (χ4v) is 4.02. The number of likely N-dealkylation sites (tertiary alicyclic amines) is 1. The summed E-state index contributed by atoms with van der Waals surface area (Å²) in [7, 11) is 3.29. The molecule has 0 spiro atoms. The van der Waals surface area contributed by atoms with Crippen molar-refractivity contribution in [3.05, 3.63) is 23.8 Å². The third-order valence-corrected chi connectivity index (χ3v) is 5.99. The Labute approximate surface area is 165 Å². The van der Waals surface area contributed by atoms with Gasteiger partial charge in [-0.1, -0.05) is 6.07 Å². The lowest BCUT2D eigenvalue weighted by Crippen LogP contribution is -2.41. The molecule has 1 aromatic carbocycles. The van der Waals surface area contributed by atoms with Crippen molar-refractivity contribution in [2.75, 3.05) is 27.3 Å². The second-order valence-corrected chi connectivity index (χ2v) is 8.12. The van der Waals surface area contributed by atoms with E-state index in [1.807, 2.05) is 18.2 Å². The van der Waals surface area contributed by atoms with Gasteiger partial charge in [0.1, 0.15) is 11.5 Å². The Hall–Kier alpha value is -2.02. The van der Waals surface area contributed by atoms with E-state index in [1.165, 1.54) is 12.8 Å². The first-order chi connectivity index (χ1) is 13.1. The molecule has 7 heteroatoms. The molecule has 1 amide bonds. The maximum Gasteiger partial charge on any atom is 0.225 e. The molecule has 3 fully saturated rings. The molecule has 2 aliphatic carbocycles. The van der Waals surface area contributed by atoms with Crippen LogP contribution in [0.5, 0.6) is 11.5 Å². The molecule has 0 unspecified atom stereocenters. The van der Waals surface area contributed by atoms with Crippen molar-refractivity contribution in [2.45, 2.75) is 43.7 Å². The molecule has 2 atom stereocenters. The van der Waals surface area contributed by atoms with Crippen LogP contribution in [0.3, 0.4) is 0 Å². The highest BCUT2D eigenvalue weighted by atomic mass is 32.1. The fourth-order valence-electron chi connectivity index (χ4n) is 3.70. The summed E-state index contributed by atoms with van der Waals surface area (Å²) in [5.74, 6) is 1.51. The van der Waals surface area contributed by atoms with Crippen LogP contribution in [0.15, 0.2) is 18.2 Å². The van der Waals surface area contributed by atoms with Gasteiger partial charge in [-0.25, -0.2) is 0 Å². The molecule has 4 rings (SSSR count). The van der Waals surface area contributed by atoms with Crippen molar-refractivity contribution in [3.63, 3.8) is 0 Å². The van der Waals surface area contributed by atoms with E-state index in [1.54, 1.807) is 14.2 Å². The number of amides is 1. The fraction of sp³-hybridized carbons (Fsp3) is 0.600. The predicted octanol–water partition coefficient (Wildman–Crippen LogP) is 2.03. The van der Waals surface area contributed by atoms with E-state index in [4.69, 9.17) is 21.7 Å². The zero-order valence-electron chi connectivity index (χ0n) is 15.9. The summed E-state index contributed by atoms with van der Waals surface area (Å²) in [4.78, 5) is 15.1. The number of nitrogens with zero attached hydrogens (tertiary/aromatic N) is 1. The Morgan fingerprint density at radius 2 is 1.78 bits per heavy atom. The molecule has 3 aliphatic rings. The van der Waals surface area contributed by atoms with E-state index in [0.29, 0.717) is 25.2 Å². The van der Waals surface area contributed by atoms with Crippen molar-refractivity contribution < 1.29 is 14.3 Å². The Balaban J connectivity index is 1.58. The first-order valence-corrected chi connectivity index (χ1v) is 10.1. The van der Waals surface area contributed by atoms with Gasteiger partial charge >= 0.3 is 0 Å². The number of benzene rings is 1. The van der Waals surface area contributed by atoms with Gasteiger partial charge in [-0.15, -0.1) is 0 Å². The van der Waals surface area contributed by atoms with Crippen molar-refractivity contribution >= 4 is 23.2 Å². The van der Waals surface area contributed by atoms with Gasteiger partial charge in [-0.2, -0.15) is 0 Å². The standard InChI is InChI=1S/C20H27N3O3S/c1-25-14-7-8-15(18(9-14)26-2)16-10-23(20(27)22-13-5-6-13)11-17(16)19(24)21-12-3-4-12/h7-9,12-13,16-17H,3-6,10-11H2,1-2H3,(H,21,24)(H,22,27)/t16-,17-/m0/s1. The lowest BCUT2D eigenvalue weighted by Gasteiger charge is -2.21.